The van der Waals surface area contributed by atoms with Crippen LogP contribution in [-0.2, 0) is 14.3 Å². The van der Waals surface area contributed by atoms with Gasteiger partial charge >= 0.3 is 0 Å². The van der Waals surface area contributed by atoms with Crippen molar-refractivity contribution in [2.75, 3.05) is 51.8 Å². The molecule has 0 aliphatic carbocycles. The minimum Gasteiger partial charge on any atom is -0.361 e. The number of ether oxygens (including phenoxy) is 1. The van der Waals surface area contributed by atoms with Crippen LogP contribution in [0.1, 0.15) is 12.8 Å². The molecule has 2 aliphatic heterocycles. The van der Waals surface area contributed by atoms with Crippen molar-refractivity contribution in [2.24, 2.45) is 0 Å². The Morgan fingerprint density at radius 2 is 2.16 bits per heavy atom. The SMILES string of the molecule is CN(C)CC(=O)N1CCCC2(C1)CN(c1cccc(F)c1)C(=O)CO2. The average molecular weight is 349 g/mol. The fraction of sp³-hybridized carbons (Fsp3) is 0.556. The second-order valence-corrected chi connectivity index (χ2v) is 7.09. The molecule has 0 radical (unpaired) electrons. The summed E-state index contributed by atoms with van der Waals surface area (Å²) in [5.74, 6) is -0.507. The molecule has 2 heterocycles. The Hall–Kier alpha value is -1.99. The third kappa shape index (κ3) is 3.99. The minimum atomic E-state index is -0.583. The van der Waals surface area contributed by atoms with E-state index in [9.17, 15) is 14.0 Å². The number of piperidine rings is 1. The summed E-state index contributed by atoms with van der Waals surface area (Å²) in [6.07, 6.45) is 1.60. The zero-order valence-electron chi connectivity index (χ0n) is 14.7. The lowest BCUT2D eigenvalue weighted by atomic mass is 9.90. The van der Waals surface area contributed by atoms with Crippen molar-refractivity contribution in [1.29, 1.82) is 0 Å². The number of halogens is 1. The summed E-state index contributed by atoms with van der Waals surface area (Å²) in [6.45, 7) is 1.79. The standard InChI is InChI=1S/C18H24FN3O3/c1-20(2)10-16(23)21-8-4-7-18(12-21)13-22(17(24)11-25-18)15-6-3-5-14(19)9-15/h3,5-6,9H,4,7-8,10-13H2,1-2H3. The number of nitrogens with zero attached hydrogens (tertiary/aromatic N) is 3. The molecule has 1 unspecified atom stereocenters. The molecule has 0 bridgehead atoms. The van der Waals surface area contributed by atoms with Gasteiger partial charge in [0.05, 0.1) is 19.6 Å². The number of hydrogen-bond donors (Lipinski definition) is 0. The Balaban J connectivity index is 1.77. The molecule has 6 nitrogen and oxygen atoms in total. The molecule has 2 saturated heterocycles. The molecule has 1 atom stereocenters. The summed E-state index contributed by atoms with van der Waals surface area (Å²) < 4.78 is 19.4. The van der Waals surface area contributed by atoms with Crippen LogP contribution in [0.4, 0.5) is 10.1 Å². The first-order valence-electron chi connectivity index (χ1n) is 8.51. The predicted molar refractivity (Wildman–Crippen MR) is 91.8 cm³/mol. The third-order valence-electron chi connectivity index (χ3n) is 4.71. The zero-order valence-corrected chi connectivity index (χ0v) is 14.7. The topological polar surface area (TPSA) is 53.1 Å². The molecule has 25 heavy (non-hydrogen) atoms. The van der Waals surface area contributed by atoms with Crippen LogP contribution in [0.25, 0.3) is 0 Å². The normalized spacial score (nSPS) is 24.2. The van der Waals surface area contributed by atoms with Gasteiger partial charge in [-0.3, -0.25) is 9.59 Å². The summed E-state index contributed by atoms with van der Waals surface area (Å²) in [4.78, 5) is 29.9. The molecule has 7 heteroatoms. The zero-order chi connectivity index (χ0) is 18.0. The molecule has 2 aliphatic rings. The summed E-state index contributed by atoms with van der Waals surface area (Å²) in [7, 11) is 3.72. The quantitative estimate of drug-likeness (QED) is 0.820. The maximum atomic E-state index is 13.5. The number of hydrogen-bond acceptors (Lipinski definition) is 4. The highest BCUT2D eigenvalue weighted by molar-refractivity contribution is 5.95. The van der Waals surface area contributed by atoms with Crippen molar-refractivity contribution in [3.8, 4) is 0 Å². The number of anilines is 1. The largest absolute Gasteiger partial charge is 0.361 e. The smallest absolute Gasteiger partial charge is 0.253 e. The summed E-state index contributed by atoms with van der Waals surface area (Å²) in [5.41, 5.74) is -0.0510. The van der Waals surface area contributed by atoms with Crippen molar-refractivity contribution in [1.82, 2.24) is 9.80 Å². The number of benzene rings is 1. The van der Waals surface area contributed by atoms with E-state index in [1.54, 1.807) is 17.0 Å². The fourth-order valence-corrected chi connectivity index (χ4v) is 3.52. The van der Waals surface area contributed by atoms with Crippen molar-refractivity contribution in [3.63, 3.8) is 0 Å². The first-order valence-corrected chi connectivity index (χ1v) is 8.51. The van der Waals surface area contributed by atoms with Gasteiger partial charge in [-0.05, 0) is 45.1 Å². The van der Waals surface area contributed by atoms with E-state index in [2.05, 4.69) is 0 Å². The van der Waals surface area contributed by atoms with Crippen LogP contribution in [-0.4, -0.2) is 74.1 Å². The molecule has 0 N–H and O–H groups in total. The highest BCUT2D eigenvalue weighted by atomic mass is 19.1. The van der Waals surface area contributed by atoms with Crippen molar-refractivity contribution in [2.45, 2.75) is 18.4 Å². The summed E-state index contributed by atoms with van der Waals surface area (Å²) >= 11 is 0. The molecule has 136 valence electrons. The molecule has 2 fully saturated rings. The molecule has 0 aromatic heterocycles. The lowest BCUT2D eigenvalue weighted by Gasteiger charge is -2.47. The monoisotopic (exact) mass is 349 g/mol. The highest BCUT2D eigenvalue weighted by Crippen LogP contribution is 2.32. The number of carbonyl (C=O) groups is 2. The van der Waals surface area contributed by atoms with Crippen molar-refractivity contribution >= 4 is 17.5 Å². The van der Waals surface area contributed by atoms with Crippen LogP contribution in [0.2, 0.25) is 0 Å². The van der Waals surface area contributed by atoms with E-state index in [0.717, 1.165) is 12.8 Å². The second kappa shape index (κ2) is 7.09. The third-order valence-corrected chi connectivity index (χ3v) is 4.71. The van der Waals surface area contributed by atoms with Crippen LogP contribution >= 0.6 is 0 Å². The molecule has 2 amide bonds. The van der Waals surface area contributed by atoms with Crippen LogP contribution in [0, 0.1) is 5.82 Å². The Morgan fingerprint density at radius 3 is 2.88 bits per heavy atom. The van der Waals surface area contributed by atoms with Gasteiger partial charge in [0.1, 0.15) is 18.0 Å². The molecule has 1 aromatic rings. The van der Waals surface area contributed by atoms with Gasteiger partial charge in [0.15, 0.2) is 0 Å². The number of carbonyl (C=O) groups excluding carboxylic acids is 2. The van der Waals surface area contributed by atoms with Crippen molar-refractivity contribution < 1.29 is 18.7 Å². The van der Waals surface area contributed by atoms with Crippen molar-refractivity contribution in [3.05, 3.63) is 30.1 Å². The Morgan fingerprint density at radius 1 is 1.36 bits per heavy atom. The maximum absolute atomic E-state index is 13.5. The molecule has 0 saturated carbocycles. The van der Waals surface area contributed by atoms with E-state index in [0.29, 0.717) is 31.9 Å². The first kappa shape index (κ1) is 17.8. The van der Waals surface area contributed by atoms with Gasteiger partial charge in [0.2, 0.25) is 5.91 Å². The van der Waals surface area contributed by atoms with Gasteiger partial charge in [-0.1, -0.05) is 6.07 Å². The van der Waals surface area contributed by atoms with E-state index in [-0.39, 0.29) is 24.2 Å². The van der Waals surface area contributed by atoms with Gasteiger partial charge in [0.25, 0.3) is 5.91 Å². The molecule has 1 aromatic carbocycles. The van der Waals surface area contributed by atoms with Crippen LogP contribution in [0.3, 0.4) is 0 Å². The maximum Gasteiger partial charge on any atom is 0.253 e. The fourth-order valence-electron chi connectivity index (χ4n) is 3.52. The highest BCUT2D eigenvalue weighted by Gasteiger charge is 2.44. The van der Waals surface area contributed by atoms with Gasteiger partial charge in [-0.15, -0.1) is 0 Å². The Bertz CT molecular complexity index is 667. The van der Waals surface area contributed by atoms with Gasteiger partial charge in [-0.25, -0.2) is 4.39 Å². The van der Waals surface area contributed by atoms with Crippen LogP contribution in [0.15, 0.2) is 24.3 Å². The van der Waals surface area contributed by atoms with Gasteiger partial charge in [-0.2, -0.15) is 0 Å². The van der Waals surface area contributed by atoms with E-state index in [4.69, 9.17) is 4.74 Å². The molecular weight excluding hydrogens is 325 g/mol. The average Bonchev–Trinajstić information content (AvgIpc) is 2.57. The van der Waals surface area contributed by atoms with Crippen LogP contribution < -0.4 is 4.90 Å². The summed E-state index contributed by atoms with van der Waals surface area (Å²) in [5, 5.41) is 0. The Kier molecular flexibility index (Phi) is 5.06. The van der Waals surface area contributed by atoms with Gasteiger partial charge < -0.3 is 19.4 Å². The number of morpholine rings is 1. The van der Waals surface area contributed by atoms with Crippen LogP contribution in [0.5, 0.6) is 0 Å². The van der Waals surface area contributed by atoms with E-state index >= 15 is 0 Å². The Labute approximate surface area is 147 Å². The minimum absolute atomic E-state index is 0.0494. The molecule has 3 rings (SSSR count). The second-order valence-electron chi connectivity index (χ2n) is 7.09. The lowest BCUT2D eigenvalue weighted by Crippen LogP contribution is -2.62. The number of rotatable bonds is 3. The first-order chi connectivity index (χ1) is 11.9. The number of likely N-dealkylation sites (N-methyl/N-ethyl adjacent to an activating group) is 1. The molecule has 1 spiro atoms. The number of amides is 2. The van der Waals surface area contributed by atoms with E-state index in [1.165, 1.54) is 12.1 Å². The summed E-state index contributed by atoms with van der Waals surface area (Å²) in [6, 6.07) is 6.02. The predicted octanol–water partition coefficient (Wildman–Crippen LogP) is 1.11. The van der Waals surface area contributed by atoms with Gasteiger partial charge in [0, 0.05) is 12.2 Å². The van der Waals surface area contributed by atoms with E-state index < -0.39 is 5.60 Å². The molecular formula is C18H24FN3O3. The lowest BCUT2D eigenvalue weighted by molar-refractivity contribution is -0.153. The van der Waals surface area contributed by atoms with E-state index in [1.807, 2.05) is 23.9 Å². The number of likely N-dealkylation sites (tertiary alicyclic amines) is 1.